The van der Waals surface area contributed by atoms with Crippen molar-refractivity contribution in [3.63, 3.8) is 0 Å². The number of carbonyl (C=O) groups excluding carboxylic acids is 3. The van der Waals surface area contributed by atoms with E-state index in [0.717, 1.165) is 11.1 Å². The highest BCUT2D eigenvalue weighted by molar-refractivity contribution is 5.83. The van der Waals surface area contributed by atoms with Crippen molar-refractivity contribution in [2.24, 2.45) is 10.9 Å². The van der Waals surface area contributed by atoms with Crippen molar-refractivity contribution in [1.82, 2.24) is 10.6 Å². The van der Waals surface area contributed by atoms with Gasteiger partial charge in [-0.05, 0) is 23.5 Å². The lowest BCUT2D eigenvalue weighted by Crippen LogP contribution is -2.46. The van der Waals surface area contributed by atoms with Gasteiger partial charge in [0.1, 0.15) is 6.04 Å². The molecule has 0 aliphatic heterocycles. The predicted molar refractivity (Wildman–Crippen MR) is 88.9 cm³/mol. The van der Waals surface area contributed by atoms with Crippen molar-refractivity contribution in [3.8, 4) is 0 Å². The normalized spacial score (nSPS) is 11.3. The number of aliphatic imine (C=N–C) groups is 1. The van der Waals surface area contributed by atoms with E-state index in [9.17, 15) is 14.4 Å². The van der Waals surface area contributed by atoms with Gasteiger partial charge in [-0.3, -0.25) is 0 Å². The van der Waals surface area contributed by atoms with E-state index >= 15 is 0 Å². The van der Waals surface area contributed by atoms with Gasteiger partial charge in [0, 0.05) is 6.54 Å². The number of benzene rings is 1. The van der Waals surface area contributed by atoms with Crippen molar-refractivity contribution < 1.29 is 19.1 Å². The average molecular weight is 333 g/mol. The van der Waals surface area contributed by atoms with Crippen molar-refractivity contribution in [2.45, 2.75) is 39.4 Å². The summed E-state index contributed by atoms with van der Waals surface area (Å²) in [5.74, 6) is -0.225. The third-order valence-electron chi connectivity index (χ3n) is 3.27. The van der Waals surface area contributed by atoms with Gasteiger partial charge in [0.25, 0.3) is 0 Å². The topological polar surface area (TPSA) is 96.9 Å². The van der Waals surface area contributed by atoms with Crippen LogP contribution in [0.1, 0.15) is 31.4 Å². The lowest BCUT2D eigenvalue weighted by Gasteiger charge is -2.18. The molecule has 0 heterocycles. The molecule has 1 rings (SSSR count). The van der Waals surface area contributed by atoms with E-state index in [2.05, 4.69) is 15.6 Å². The largest absolute Gasteiger partial charge is 0.467 e. The van der Waals surface area contributed by atoms with Crippen molar-refractivity contribution in [2.75, 3.05) is 7.11 Å². The SMILES string of the molecule is COC(=O)C(CC(C)C)NC(=O)NCc1cccc(CN=C=O)c1. The molecular weight excluding hydrogens is 310 g/mol. The predicted octanol–water partition coefficient (Wildman–Crippen LogP) is 1.91. The van der Waals surface area contributed by atoms with Gasteiger partial charge in [-0.1, -0.05) is 38.1 Å². The van der Waals surface area contributed by atoms with Crippen LogP contribution in [-0.4, -0.2) is 31.2 Å². The third-order valence-corrected chi connectivity index (χ3v) is 3.27. The molecule has 0 fully saturated rings. The van der Waals surface area contributed by atoms with Crippen LogP contribution in [0.5, 0.6) is 0 Å². The van der Waals surface area contributed by atoms with Gasteiger partial charge in [0.05, 0.1) is 13.7 Å². The molecule has 24 heavy (non-hydrogen) atoms. The molecule has 7 heteroatoms. The molecule has 0 saturated heterocycles. The van der Waals surface area contributed by atoms with E-state index in [4.69, 9.17) is 4.74 Å². The van der Waals surface area contributed by atoms with Crippen molar-refractivity contribution in [3.05, 3.63) is 35.4 Å². The molecule has 1 atom stereocenters. The highest BCUT2D eigenvalue weighted by atomic mass is 16.5. The van der Waals surface area contributed by atoms with Crippen LogP contribution in [-0.2, 0) is 27.4 Å². The van der Waals surface area contributed by atoms with Crippen LogP contribution in [0.2, 0.25) is 0 Å². The third kappa shape index (κ3) is 7.07. The van der Waals surface area contributed by atoms with Crippen LogP contribution in [0.15, 0.2) is 29.3 Å². The minimum atomic E-state index is -0.678. The Morgan fingerprint density at radius 1 is 1.29 bits per heavy atom. The van der Waals surface area contributed by atoms with E-state index < -0.39 is 18.0 Å². The molecular formula is C17H23N3O4. The summed E-state index contributed by atoms with van der Waals surface area (Å²) in [5.41, 5.74) is 1.72. The number of urea groups is 1. The van der Waals surface area contributed by atoms with Crippen LogP contribution in [0.3, 0.4) is 0 Å². The first-order valence-electron chi connectivity index (χ1n) is 7.70. The van der Waals surface area contributed by atoms with Crippen LogP contribution >= 0.6 is 0 Å². The number of rotatable bonds is 8. The Kier molecular flexibility index (Phi) is 8.22. The number of hydrogen-bond donors (Lipinski definition) is 2. The number of hydrogen-bond acceptors (Lipinski definition) is 5. The second-order valence-corrected chi connectivity index (χ2v) is 5.76. The van der Waals surface area contributed by atoms with Crippen LogP contribution in [0, 0.1) is 5.92 Å². The van der Waals surface area contributed by atoms with E-state index in [1.54, 1.807) is 0 Å². The number of isocyanates is 1. The number of carbonyl (C=O) groups is 2. The Hall–Kier alpha value is -2.66. The molecule has 7 nitrogen and oxygen atoms in total. The van der Waals surface area contributed by atoms with Crippen LogP contribution < -0.4 is 10.6 Å². The number of nitrogens with zero attached hydrogens (tertiary/aromatic N) is 1. The van der Waals surface area contributed by atoms with E-state index in [1.807, 2.05) is 38.1 Å². The zero-order valence-electron chi connectivity index (χ0n) is 14.2. The van der Waals surface area contributed by atoms with Gasteiger partial charge in [0.15, 0.2) is 0 Å². The standard InChI is InChI=1S/C17H23N3O4/c1-12(2)7-15(16(22)24-3)20-17(23)19-10-14-6-4-5-13(8-14)9-18-11-21/h4-6,8,12,15H,7,9-10H2,1-3H3,(H2,19,20,23). The minimum Gasteiger partial charge on any atom is -0.467 e. The lowest BCUT2D eigenvalue weighted by molar-refractivity contribution is -0.143. The maximum Gasteiger partial charge on any atom is 0.328 e. The first-order chi connectivity index (χ1) is 11.5. The second-order valence-electron chi connectivity index (χ2n) is 5.76. The Labute approximate surface area is 141 Å². The van der Waals surface area contributed by atoms with E-state index in [1.165, 1.54) is 13.2 Å². The summed E-state index contributed by atoms with van der Waals surface area (Å²) in [5, 5.41) is 5.32. The summed E-state index contributed by atoms with van der Waals surface area (Å²) in [6, 6.07) is 6.22. The number of nitrogens with one attached hydrogen (secondary N) is 2. The summed E-state index contributed by atoms with van der Waals surface area (Å²) in [4.78, 5) is 37.3. The maximum absolute atomic E-state index is 12.0. The molecule has 1 aromatic carbocycles. The summed E-state index contributed by atoms with van der Waals surface area (Å²) >= 11 is 0. The fourth-order valence-corrected chi connectivity index (χ4v) is 2.18. The van der Waals surface area contributed by atoms with Gasteiger partial charge in [-0.2, -0.15) is 0 Å². The molecule has 0 aliphatic carbocycles. The Morgan fingerprint density at radius 2 is 2.00 bits per heavy atom. The zero-order valence-corrected chi connectivity index (χ0v) is 14.2. The quantitative estimate of drug-likeness (QED) is 0.431. The first kappa shape index (κ1) is 19.4. The Bertz CT molecular complexity index is 610. The molecule has 0 spiro atoms. The van der Waals surface area contributed by atoms with Crippen molar-refractivity contribution >= 4 is 18.1 Å². The molecule has 0 aliphatic rings. The van der Waals surface area contributed by atoms with Gasteiger partial charge in [-0.25, -0.2) is 19.4 Å². The average Bonchev–Trinajstić information content (AvgIpc) is 2.56. The van der Waals surface area contributed by atoms with Crippen LogP contribution in [0.4, 0.5) is 4.79 Å². The van der Waals surface area contributed by atoms with E-state index in [-0.39, 0.29) is 12.5 Å². The van der Waals surface area contributed by atoms with Gasteiger partial charge >= 0.3 is 12.0 Å². The number of methoxy groups -OCH3 is 1. The van der Waals surface area contributed by atoms with Crippen molar-refractivity contribution in [1.29, 1.82) is 0 Å². The summed E-state index contributed by atoms with van der Waals surface area (Å²) in [7, 11) is 1.29. The fourth-order valence-electron chi connectivity index (χ4n) is 2.18. The number of amides is 2. The second kappa shape index (κ2) is 10.2. The highest BCUT2D eigenvalue weighted by Crippen LogP contribution is 2.08. The summed E-state index contributed by atoms with van der Waals surface area (Å²) in [6.07, 6.45) is 1.99. The Balaban J connectivity index is 2.58. The van der Waals surface area contributed by atoms with Gasteiger partial charge < -0.3 is 15.4 Å². The molecule has 0 saturated carbocycles. The molecule has 1 unspecified atom stereocenters. The lowest BCUT2D eigenvalue weighted by atomic mass is 10.0. The smallest absolute Gasteiger partial charge is 0.328 e. The zero-order chi connectivity index (χ0) is 17.9. The van der Waals surface area contributed by atoms with Gasteiger partial charge in [0.2, 0.25) is 6.08 Å². The van der Waals surface area contributed by atoms with E-state index in [0.29, 0.717) is 13.0 Å². The molecule has 2 amide bonds. The minimum absolute atomic E-state index is 0.240. The van der Waals surface area contributed by atoms with Gasteiger partial charge in [-0.15, -0.1) is 0 Å². The molecule has 0 radical (unpaired) electrons. The molecule has 130 valence electrons. The van der Waals surface area contributed by atoms with Crippen LogP contribution in [0.25, 0.3) is 0 Å². The monoisotopic (exact) mass is 333 g/mol. The first-order valence-corrected chi connectivity index (χ1v) is 7.70. The molecule has 2 N–H and O–H groups in total. The summed E-state index contributed by atoms with van der Waals surface area (Å²) < 4.78 is 4.71. The fraction of sp³-hybridized carbons (Fsp3) is 0.471. The number of esters is 1. The maximum atomic E-state index is 12.0. The molecule has 0 aromatic heterocycles. The Morgan fingerprint density at radius 3 is 2.62 bits per heavy atom. The molecule has 0 bridgehead atoms. The molecule has 1 aromatic rings. The number of ether oxygens (including phenoxy) is 1. The highest BCUT2D eigenvalue weighted by Gasteiger charge is 2.22. The summed E-state index contributed by atoms with van der Waals surface area (Å²) in [6.45, 7) is 4.47.